The minimum atomic E-state index is -0.552. The monoisotopic (exact) mass is 419 g/mol. The van der Waals surface area contributed by atoms with Crippen molar-refractivity contribution in [2.45, 2.75) is 32.7 Å². The van der Waals surface area contributed by atoms with Gasteiger partial charge in [0, 0.05) is 23.6 Å². The van der Waals surface area contributed by atoms with Gasteiger partial charge in [0.25, 0.3) is 5.91 Å². The van der Waals surface area contributed by atoms with E-state index in [1.807, 2.05) is 6.20 Å². The molecule has 1 unspecified atom stereocenters. The largest absolute Gasteiger partial charge is 0.462 e. The maximum Gasteiger partial charge on any atom is 0.338 e. The number of nitrogens with one attached hydrogen (secondary N) is 2. The van der Waals surface area contributed by atoms with Crippen LogP contribution in [0.4, 0.5) is 5.69 Å². The summed E-state index contributed by atoms with van der Waals surface area (Å²) in [6.07, 6.45) is 2.85. The van der Waals surface area contributed by atoms with E-state index in [-0.39, 0.29) is 24.8 Å². The Morgan fingerprint density at radius 2 is 1.97 bits per heavy atom. The van der Waals surface area contributed by atoms with E-state index in [4.69, 9.17) is 4.74 Å². The van der Waals surface area contributed by atoms with Crippen molar-refractivity contribution >= 4 is 34.4 Å². The van der Waals surface area contributed by atoms with Gasteiger partial charge in [-0.1, -0.05) is 11.6 Å². The molecule has 0 radical (unpaired) electrons. The Morgan fingerprint density at radius 1 is 1.19 bits per heavy atom. The van der Waals surface area contributed by atoms with Crippen LogP contribution in [0.5, 0.6) is 0 Å². The average Bonchev–Trinajstić information content (AvgIpc) is 3.28. The summed E-state index contributed by atoms with van der Waals surface area (Å²) in [7, 11) is 0. The predicted octanol–water partition coefficient (Wildman–Crippen LogP) is 3.12. The highest BCUT2D eigenvalue weighted by atomic mass is 16.5. The highest BCUT2D eigenvalue weighted by Gasteiger charge is 2.39. The molecule has 1 saturated heterocycles. The zero-order chi connectivity index (χ0) is 22.0. The summed E-state index contributed by atoms with van der Waals surface area (Å²) in [6, 6.07) is 12.0. The molecule has 1 fully saturated rings. The minimum Gasteiger partial charge on any atom is -0.462 e. The lowest BCUT2D eigenvalue weighted by Gasteiger charge is -2.16. The van der Waals surface area contributed by atoms with Crippen LogP contribution in [0.1, 0.15) is 34.8 Å². The zero-order valence-electron chi connectivity index (χ0n) is 17.6. The molecule has 1 aromatic heterocycles. The van der Waals surface area contributed by atoms with Gasteiger partial charge < -0.3 is 15.0 Å². The molecule has 7 heteroatoms. The third kappa shape index (κ3) is 4.22. The smallest absolute Gasteiger partial charge is 0.338 e. The second-order valence-electron chi connectivity index (χ2n) is 7.66. The fraction of sp³-hybridized carbons (Fsp3) is 0.292. The number of aryl methyl sites for hydroxylation is 1. The number of nitrogens with zero attached hydrogens (tertiary/aromatic N) is 1. The topological polar surface area (TPSA) is 91.5 Å². The number of ether oxygens (including phenoxy) is 1. The molecule has 31 heavy (non-hydrogen) atoms. The Morgan fingerprint density at radius 3 is 2.71 bits per heavy atom. The summed E-state index contributed by atoms with van der Waals surface area (Å²) in [6.45, 7) is 4.67. The lowest BCUT2D eigenvalue weighted by molar-refractivity contribution is -0.121. The second kappa shape index (κ2) is 8.73. The number of imide groups is 1. The van der Waals surface area contributed by atoms with Crippen LogP contribution >= 0.6 is 0 Å². The van der Waals surface area contributed by atoms with Gasteiger partial charge in [0.05, 0.1) is 30.3 Å². The normalized spacial score (nSPS) is 16.3. The molecule has 160 valence electrons. The standard InChI is InChI=1S/C24H25N3O4/c1-3-31-24(30)16-5-7-18(8-6-16)27-22(28)13-21(23(27)29)25-11-10-17-14-26-20-9-4-15(2)12-19(17)20/h4-9,12,14,21,25-26H,3,10-11,13H2,1-2H3. The predicted molar refractivity (Wildman–Crippen MR) is 118 cm³/mol. The number of fused-ring (bicyclic) bond motifs is 1. The number of H-pyrrole nitrogens is 1. The van der Waals surface area contributed by atoms with E-state index >= 15 is 0 Å². The Bertz CT molecular complexity index is 1130. The molecule has 2 aromatic carbocycles. The fourth-order valence-corrected chi connectivity index (χ4v) is 3.90. The summed E-state index contributed by atoms with van der Waals surface area (Å²) in [4.78, 5) is 41.6. The summed E-state index contributed by atoms with van der Waals surface area (Å²) in [5, 5.41) is 4.40. The number of hydrogen-bond acceptors (Lipinski definition) is 5. The van der Waals surface area contributed by atoms with E-state index in [0.717, 1.165) is 11.9 Å². The van der Waals surface area contributed by atoms with Gasteiger partial charge in [-0.2, -0.15) is 0 Å². The minimum absolute atomic E-state index is 0.117. The number of hydrogen-bond donors (Lipinski definition) is 2. The SMILES string of the molecule is CCOC(=O)c1ccc(N2C(=O)CC(NCCc3c[nH]c4ccc(C)cc34)C2=O)cc1. The molecule has 0 spiro atoms. The van der Waals surface area contributed by atoms with Gasteiger partial charge in [0.2, 0.25) is 5.91 Å². The summed E-state index contributed by atoms with van der Waals surface area (Å²) in [5.74, 6) is -0.960. The van der Waals surface area contributed by atoms with E-state index in [2.05, 4.69) is 35.4 Å². The molecule has 0 saturated carbocycles. The van der Waals surface area contributed by atoms with Gasteiger partial charge in [-0.15, -0.1) is 0 Å². The molecule has 3 aromatic rings. The van der Waals surface area contributed by atoms with Crippen molar-refractivity contribution in [2.75, 3.05) is 18.1 Å². The Hall–Kier alpha value is -3.45. The van der Waals surface area contributed by atoms with Crippen molar-refractivity contribution in [3.8, 4) is 0 Å². The molecule has 7 nitrogen and oxygen atoms in total. The average molecular weight is 419 g/mol. The summed E-state index contributed by atoms with van der Waals surface area (Å²) < 4.78 is 4.96. The van der Waals surface area contributed by atoms with Gasteiger partial charge >= 0.3 is 5.97 Å². The number of aromatic nitrogens is 1. The van der Waals surface area contributed by atoms with Crippen molar-refractivity contribution in [2.24, 2.45) is 0 Å². The quantitative estimate of drug-likeness (QED) is 0.454. The molecule has 0 aliphatic carbocycles. The van der Waals surface area contributed by atoms with Crippen LogP contribution in [0, 0.1) is 6.92 Å². The number of benzene rings is 2. The van der Waals surface area contributed by atoms with E-state index in [1.165, 1.54) is 21.4 Å². The van der Waals surface area contributed by atoms with Crippen molar-refractivity contribution < 1.29 is 19.1 Å². The van der Waals surface area contributed by atoms with Crippen LogP contribution < -0.4 is 10.2 Å². The highest BCUT2D eigenvalue weighted by molar-refractivity contribution is 6.22. The van der Waals surface area contributed by atoms with Crippen molar-refractivity contribution in [1.29, 1.82) is 0 Å². The lowest BCUT2D eigenvalue weighted by atomic mass is 10.1. The van der Waals surface area contributed by atoms with Crippen LogP contribution in [0.3, 0.4) is 0 Å². The number of amides is 2. The molecule has 4 rings (SSSR count). The summed E-state index contributed by atoms with van der Waals surface area (Å²) in [5.41, 5.74) is 4.30. The number of esters is 1. The molecule has 2 N–H and O–H groups in total. The van der Waals surface area contributed by atoms with Crippen molar-refractivity contribution in [3.63, 3.8) is 0 Å². The number of aromatic amines is 1. The number of carbonyl (C=O) groups excluding carboxylic acids is 3. The van der Waals surface area contributed by atoms with Crippen LogP contribution in [-0.4, -0.2) is 42.0 Å². The molecule has 2 amide bonds. The van der Waals surface area contributed by atoms with Gasteiger partial charge in [-0.3, -0.25) is 9.59 Å². The molecule has 0 bridgehead atoms. The fourth-order valence-electron chi connectivity index (χ4n) is 3.90. The first kappa shape index (κ1) is 20.8. The maximum atomic E-state index is 12.8. The van der Waals surface area contributed by atoms with E-state index in [9.17, 15) is 14.4 Å². The second-order valence-corrected chi connectivity index (χ2v) is 7.66. The molecule has 1 aliphatic rings. The number of rotatable bonds is 7. The van der Waals surface area contributed by atoms with E-state index < -0.39 is 12.0 Å². The third-order valence-corrected chi connectivity index (χ3v) is 5.49. The third-order valence-electron chi connectivity index (χ3n) is 5.49. The Balaban J connectivity index is 1.39. The number of anilines is 1. The first-order valence-electron chi connectivity index (χ1n) is 10.4. The van der Waals surface area contributed by atoms with Crippen molar-refractivity contribution in [3.05, 3.63) is 65.4 Å². The molecular formula is C24H25N3O4. The van der Waals surface area contributed by atoms with Gasteiger partial charge in [-0.05, 0) is 62.2 Å². The van der Waals surface area contributed by atoms with Crippen LogP contribution in [0.25, 0.3) is 10.9 Å². The molecule has 1 aliphatic heterocycles. The zero-order valence-corrected chi connectivity index (χ0v) is 17.6. The van der Waals surface area contributed by atoms with Crippen LogP contribution in [0.15, 0.2) is 48.7 Å². The van der Waals surface area contributed by atoms with E-state index in [0.29, 0.717) is 17.8 Å². The molecule has 2 heterocycles. The molecular weight excluding hydrogens is 394 g/mol. The Labute approximate surface area is 180 Å². The van der Waals surface area contributed by atoms with Gasteiger partial charge in [0.15, 0.2) is 0 Å². The van der Waals surface area contributed by atoms with E-state index in [1.54, 1.807) is 31.2 Å². The number of carbonyl (C=O) groups is 3. The van der Waals surface area contributed by atoms with Crippen LogP contribution in [0.2, 0.25) is 0 Å². The Kier molecular flexibility index (Phi) is 5.86. The summed E-state index contributed by atoms with van der Waals surface area (Å²) >= 11 is 0. The highest BCUT2D eigenvalue weighted by Crippen LogP contribution is 2.24. The first-order chi connectivity index (χ1) is 15.0. The van der Waals surface area contributed by atoms with Crippen molar-refractivity contribution in [1.82, 2.24) is 10.3 Å². The lowest BCUT2D eigenvalue weighted by Crippen LogP contribution is -2.39. The van der Waals surface area contributed by atoms with Gasteiger partial charge in [-0.25, -0.2) is 9.69 Å². The van der Waals surface area contributed by atoms with Gasteiger partial charge in [0.1, 0.15) is 0 Å². The maximum absolute atomic E-state index is 12.8. The molecule has 1 atom stereocenters. The van der Waals surface area contributed by atoms with Crippen LogP contribution in [-0.2, 0) is 20.7 Å². The first-order valence-corrected chi connectivity index (χ1v) is 10.4.